The van der Waals surface area contributed by atoms with Gasteiger partial charge in [0.15, 0.2) is 0 Å². The number of likely N-dealkylation sites (N-methyl/N-ethyl adjacent to an activating group) is 1. The molecule has 0 aliphatic rings. The van der Waals surface area contributed by atoms with E-state index in [1.54, 1.807) is 12.5 Å². The first-order chi connectivity index (χ1) is 8.40. The third kappa shape index (κ3) is 3.32. The minimum absolute atomic E-state index is 0.193. The van der Waals surface area contributed by atoms with Crippen LogP contribution >= 0.6 is 0 Å². The molecule has 17 heavy (non-hydrogen) atoms. The third-order valence-electron chi connectivity index (χ3n) is 2.55. The van der Waals surface area contributed by atoms with Gasteiger partial charge >= 0.3 is 0 Å². The Labute approximate surface area is 101 Å². The Balaban J connectivity index is 2.13. The lowest BCUT2D eigenvalue weighted by Crippen LogP contribution is -2.24. The van der Waals surface area contributed by atoms with E-state index < -0.39 is 0 Å². The van der Waals surface area contributed by atoms with Crippen LogP contribution in [0.1, 0.15) is 24.4 Å². The fourth-order valence-electron chi connectivity index (χ4n) is 1.76. The zero-order valence-electron chi connectivity index (χ0n) is 9.87. The van der Waals surface area contributed by atoms with E-state index in [4.69, 9.17) is 0 Å². The van der Waals surface area contributed by atoms with Gasteiger partial charge in [-0.05, 0) is 24.7 Å². The predicted molar refractivity (Wildman–Crippen MR) is 66.4 cm³/mol. The van der Waals surface area contributed by atoms with Crippen molar-refractivity contribution in [3.05, 3.63) is 54.4 Å². The predicted octanol–water partition coefficient (Wildman–Crippen LogP) is 1.76. The number of hydrogen-bond acceptors (Lipinski definition) is 4. The highest BCUT2D eigenvalue weighted by atomic mass is 14.9. The zero-order valence-corrected chi connectivity index (χ0v) is 9.87. The average Bonchev–Trinajstić information content (AvgIpc) is 2.40. The molecule has 0 aromatic carbocycles. The fourth-order valence-corrected chi connectivity index (χ4v) is 1.76. The molecule has 2 aromatic heterocycles. The van der Waals surface area contributed by atoms with Crippen molar-refractivity contribution in [1.82, 2.24) is 20.3 Å². The van der Waals surface area contributed by atoms with Crippen LogP contribution in [0.4, 0.5) is 0 Å². The van der Waals surface area contributed by atoms with Gasteiger partial charge in [0.2, 0.25) is 0 Å². The quantitative estimate of drug-likeness (QED) is 0.847. The molecule has 0 amide bonds. The van der Waals surface area contributed by atoms with E-state index in [1.807, 2.05) is 30.5 Å². The summed E-state index contributed by atoms with van der Waals surface area (Å²) >= 11 is 0. The normalized spacial score (nSPS) is 12.3. The van der Waals surface area contributed by atoms with Gasteiger partial charge in [0.1, 0.15) is 6.33 Å². The van der Waals surface area contributed by atoms with Crippen molar-refractivity contribution in [3.63, 3.8) is 0 Å². The van der Waals surface area contributed by atoms with Gasteiger partial charge in [0.05, 0.1) is 11.7 Å². The molecule has 4 nitrogen and oxygen atoms in total. The summed E-state index contributed by atoms with van der Waals surface area (Å²) in [4.78, 5) is 12.6. The van der Waals surface area contributed by atoms with Crippen molar-refractivity contribution in [2.75, 3.05) is 6.54 Å². The molecule has 2 heterocycles. The Bertz CT molecular complexity index is 430. The monoisotopic (exact) mass is 228 g/mol. The highest BCUT2D eigenvalue weighted by Gasteiger charge is 2.12. The van der Waals surface area contributed by atoms with Crippen LogP contribution in [0, 0.1) is 0 Å². The maximum atomic E-state index is 4.34. The second-order valence-electron chi connectivity index (χ2n) is 3.77. The maximum Gasteiger partial charge on any atom is 0.115 e. The van der Waals surface area contributed by atoms with Gasteiger partial charge in [-0.1, -0.05) is 13.0 Å². The molecule has 0 spiro atoms. The number of hydrogen-bond donors (Lipinski definition) is 1. The summed E-state index contributed by atoms with van der Waals surface area (Å²) in [7, 11) is 0. The van der Waals surface area contributed by atoms with Crippen LogP contribution in [0.15, 0.2) is 43.0 Å². The summed E-state index contributed by atoms with van der Waals surface area (Å²) in [6.07, 6.45) is 6.01. The van der Waals surface area contributed by atoms with E-state index in [1.165, 1.54) is 0 Å². The molecule has 0 bridgehead atoms. The van der Waals surface area contributed by atoms with Crippen LogP contribution in [0.25, 0.3) is 0 Å². The van der Waals surface area contributed by atoms with Crippen molar-refractivity contribution < 1.29 is 0 Å². The molecular weight excluding hydrogens is 212 g/mol. The van der Waals surface area contributed by atoms with Gasteiger partial charge in [0.25, 0.3) is 0 Å². The standard InChI is InChI=1S/C13H16N4/c1-2-15-13(12-6-8-14-10-17-12)9-11-5-3-4-7-16-11/h3-8,10,13,15H,2,9H2,1H3. The Morgan fingerprint density at radius 3 is 2.76 bits per heavy atom. The largest absolute Gasteiger partial charge is 0.309 e. The summed E-state index contributed by atoms with van der Waals surface area (Å²) in [6, 6.07) is 8.10. The molecule has 4 heteroatoms. The molecular formula is C13H16N4. The van der Waals surface area contributed by atoms with Crippen molar-refractivity contribution >= 4 is 0 Å². The lowest BCUT2D eigenvalue weighted by atomic mass is 10.1. The molecule has 2 aromatic rings. The molecule has 0 aliphatic carbocycles. The lowest BCUT2D eigenvalue weighted by Gasteiger charge is -2.16. The number of rotatable bonds is 5. The van der Waals surface area contributed by atoms with Crippen LogP contribution in [0.3, 0.4) is 0 Å². The first-order valence-corrected chi connectivity index (χ1v) is 5.79. The highest BCUT2D eigenvalue weighted by molar-refractivity contribution is 5.12. The number of nitrogens with one attached hydrogen (secondary N) is 1. The second-order valence-corrected chi connectivity index (χ2v) is 3.77. The van der Waals surface area contributed by atoms with E-state index in [0.29, 0.717) is 0 Å². The van der Waals surface area contributed by atoms with Gasteiger partial charge in [-0.3, -0.25) is 4.98 Å². The third-order valence-corrected chi connectivity index (χ3v) is 2.55. The zero-order chi connectivity index (χ0) is 11.9. The molecule has 0 aliphatic heterocycles. The van der Waals surface area contributed by atoms with Crippen LogP contribution in [0.2, 0.25) is 0 Å². The SMILES string of the molecule is CCNC(Cc1ccccn1)c1ccncn1. The highest BCUT2D eigenvalue weighted by Crippen LogP contribution is 2.14. The Morgan fingerprint density at radius 1 is 1.18 bits per heavy atom. The van der Waals surface area contributed by atoms with Gasteiger partial charge in [0, 0.05) is 24.5 Å². The minimum atomic E-state index is 0.193. The summed E-state index contributed by atoms with van der Waals surface area (Å²) in [5.74, 6) is 0. The minimum Gasteiger partial charge on any atom is -0.309 e. The number of pyridine rings is 1. The van der Waals surface area contributed by atoms with Crippen LogP contribution in [-0.4, -0.2) is 21.5 Å². The summed E-state index contributed by atoms with van der Waals surface area (Å²) < 4.78 is 0. The summed E-state index contributed by atoms with van der Waals surface area (Å²) in [6.45, 7) is 2.99. The molecule has 2 rings (SSSR count). The molecule has 1 atom stereocenters. The molecule has 0 radical (unpaired) electrons. The van der Waals surface area contributed by atoms with Gasteiger partial charge in [-0.15, -0.1) is 0 Å². The van der Waals surface area contributed by atoms with E-state index in [2.05, 4.69) is 27.2 Å². The molecule has 0 saturated carbocycles. The van der Waals surface area contributed by atoms with Gasteiger partial charge < -0.3 is 5.32 Å². The Kier molecular flexibility index (Phi) is 4.16. The molecule has 0 saturated heterocycles. The Hall–Kier alpha value is -1.81. The van der Waals surface area contributed by atoms with E-state index in [-0.39, 0.29) is 6.04 Å². The fraction of sp³-hybridized carbons (Fsp3) is 0.308. The summed E-state index contributed by atoms with van der Waals surface area (Å²) in [5, 5.41) is 3.42. The van der Waals surface area contributed by atoms with Crippen LogP contribution < -0.4 is 5.32 Å². The molecule has 1 unspecified atom stereocenters. The van der Waals surface area contributed by atoms with E-state index in [0.717, 1.165) is 24.4 Å². The lowest BCUT2D eigenvalue weighted by molar-refractivity contribution is 0.530. The number of aromatic nitrogens is 3. The van der Waals surface area contributed by atoms with Crippen LogP contribution in [-0.2, 0) is 6.42 Å². The summed E-state index contributed by atoms with van der Waals surface area (Å²) in [5.41, 5.74) is 2.07. The van der Waals surface area contributed by atoms with Crippen molar-refractivity contribution in [2.24, 2.45) is 0 Å². The topological polar surface area (TPSA) is 50.7 Å². The van der Waals surface area contributed by atoms with Crippen LogP contribution in [0.5, 0.6) is 0 Å². The van der Waals surface area contributed by atoms with E-state index in [9.17, 15) is 0 Å². The average molecular weight is 228 g/mol. The molecule has 1 N–H and O–H groups in total. The Morgan fingerprint density at radius 2 is 2.12 bits per heavy atom. The molecule has 88 valence electrons. The van der Waals surface area contributed by atoms with Gasteiger partial charge in [-0.25, -0.2) is 9.97 Å². The first-order valence-electron chi connectivity index (χ1n) is 5.79. The van der Waals surface area contributed by atoms with E-state index >= 15 is 0 Å². The van der Waals surface area contributed by atoms with Gasteiger partial charge in [-0.2, -0.15) is 0 Å². The number of nitrogens with zero attached hydrogens (tertiary/aromatic N) is 3. The molecule has 0 fully saturated rings. The van der Waals surface area contributed by atoms with Crippen molar-refractivity contribution in [1.29, 1.82) is 0 Å². The maximum absolute atomic E-state index is 4.34. The smallest absolute Gasteiger partial charge is 0.115 e. The van der Waals surface area contributed by atoms with Crippen molar-refractivity contribution in [2.45, 2.75) is 19.4 Å². The van der Waals surface area contributed by atoms with Crippen molar-refractivity contribution in [3.8, 4) is 0 Å². The first kappa shape index (κ1) is 11.7. The second kappa shape index (κ2) is 6.06.